The van der Waals surface area contributed by atoms with Gasteiger partial charge in [0.2, 0.25) is 6.79 Å². The summed E-state index contributed by atoms with van der Waals surface area (Å²) in [6.07, 6.45) is 6.53. The summed E-state index contributed by atoms with van der Waals surface area (Å²) in [7, 11) is 0. The molecule has 1 aromatic carbocycles. The third-order valence-electron chi connectivity index (χ3n) is 4.40. The van der Waals surface area contributed by atoms with Crippen molar-refractivity contribution in [2.45, 2.75) is 45.1 Å². The Morgan fingerprint density at radius 3 is 2.86 bits per heavy atom. The molecule has 1 aliphatic heterocycles. The van der Waals surface area contributed by atoms with Gasteiger partial charge in [0.05, 0.1) is 0 Å². The Bertz CT molecular complexity index is 457. The lowest BCUT2D eigenvalue weighted by molar-refractivity contribution is 0.173. The van der Waals surface area contributed by atoms with Crippen molar-refractivity contribution < 1.29 is 14.2 Å². The molecule has 1 aliphatic carbocycles. The molecule has 1 N–H and O–H groups in total. The van der Waals surface area contributed by atoms with Crippen molar-refractivity contribution in [1.29, 1.82) is 0 Å². The molecule has 4 heteroatoms. The highest BCUT2D eigenvalue weighted by molar-refractivity contribution is 5.46. The van der Waals surface area contributed by atoms with Crippen LogP contribution in [0.2, 0.25) is 0 Å². The first kappa shape index (κ1) is 14.5. The van der Waals surface area contributed by atoms with E-state index in [1.165, 1.54) is 25.7 Å². The topological polar surface area (TPSA) is 39.7 Å². The minimum absolute atomic E-state index is 0.307. The zero-order valence-electron chi connectivity index (χ0n) is 12.8. The number of rotatable bonds is 7. The third-order valence-corrected chi connectivity index (χ3v) is 4.40. The number of hydrogen-bond acceptors (Lipinski definition) is 4. The molecular formula is C17H25NO3. The smallest absolute Gasteiger partial charge is 0.231 e. The normalized spacial score (nSPS) is 18.9. The van der Waals surface area contributed by atoms with Gasteiger partial charge in [0, 0.05) is 12.1 Å². The van der Waals surface area contributed by atoms with E-state index in [9.17, 15) is 0 Å². The second-order valence-electron chi connectivity index (χ2n) is 5.93. The van der Waals surface area contributed by atoms with Gasteiger partial charge in [-0.3, -0.25) is 0 Å². The summed E-state index contributed by atoms with van der Waals surface area (Å²) in [5, 5.41) is 3.65. The van der Waals surface area contributed by atoms with Crippen molar-refractivity contribution >= 4 is 0 Å². The van der Waals surface area contributed by atoms with E-state index >= 15 is 0 Å². The van der Waals surface area contributed by atoms with Gasteiger partial charge in [0.1, 0.15) is 12.4 Å². The van der Waals surface area contributed by atoms with E-state index in [0.29, 0.717) is 12.8 Å². The van der Waals surface area contributed by atoms with Gasteiger partial charge in [-0.1, -0.05) is 19.8 Å². The molecule has 1 aromatic rings. The highest BCUT2D eigenvalue weighted by Gasteiger charge is 2.25. The van der Waals surface area contributed by atoms with E-state index in [0.717, 1.165) is 42.7 Å². The lowest BCUT2D eigenvalue weighted by Gasteiger charge is -2.25. The molecular weight excluding hydrogens is 266 g/mol. The van der Waals surface area contributed by atoms with Gasteiger partial charge in [-0.25, -0.2) is 0 Å². The van der Waals surface area contributed by atoms with Gasteiger partial charge < -0.3 is 19.5 Å². The lowest BCUT2D eigenvalue weighted by Crippen LogP contribution is -2.40. The standard InChI is InChI=1S/C17H25NO3/c1-2-9-18-15(13-5-3-4-6-13)11-19-14-7-8-16-17(10-14)21-12-20-16/h7-8,10,13,15,18H,2-6,9,11-12H2,1H3. The van der Waals surface area contributed by atoms with Crippen molar-refractivity contribution in [3.05, 3.63) is 18.2 Å². The molecule has 2 aliphatic rings. The lowest BCUT2D eigenvalue weighted by atomic mass is 9.98. The molecule has 21 heavy (non-hydrogen) atoms. The number of hydrogen-bond donors (Lipinski definition) is 1. The quantitative estimate of drug-likeness (QED) is 0.836. The van der Waals surface area contributed by atoms with Crippen LogP contribution in [0.15, 0.2) is 18.2 Å². The highest BCUT2D eigenvalue weighted by atomic mass is 16.7. The van der Waals surface area contributed by atoms with E-state index in [1.807, 2.05) is 18.2 Å². The monoisotopic (exact) mass is 291 g/mol. The maximum absolute atomic E-state index is 6.00. The number of nitrogens with one attached hydrogen (secondary N) is 1. The van der Waals surface area contributed by atoms with Crippen LogP contribution < -0.4 is 19.5 Å². The predicted molar refractivity (Wildman–Crippen MR) is 82.1 cm³/mol. The Hall–Kier alpha value is -1.42. The maximum Gasteiger partial charge on any atom is 0.231 e. The first-order valence-corrected chi connectivity index (χ1v) is 8.12. The van der Waals surface area contributed by atoms with Crippen LogP contribution >= 0.6 is 0 Å². The van der Waals surface area contributed by atoms with Crippen molar-refractivity contribution in [2.75, 3.05) is 19.9 Å². The fourth-order valence-electron chi connectivity index (χ4n) is 3.20. The molecule has 116 valence electrons. The number of benzene rings is 1. The van der Waals surface area contributed by atoms with Crippen LogP contribution in [0.25, 0.3) is 0 Å². The second kappa shape index (κ2) is 7.03. The van der Waals surface area contributed by atoms with E-state index in [1.54, 1.807) is 0 Å². The Balaban J connectivity index is 1.57. The average molecular weight is 291 g/mol. The summed E-state index contributed by atoms with van der Waals surface area (Å²) in [6.45, 7) is 4.30. The van der Waals surface area contributed by atoms with Crippen molar-refractivity contribution in [2.24, 2.45) is 5.92 Å². The van der Waals surface area contributed by atoms with Gasteiger partial charge in [0.25, 0.3) is 0 Å². The minimum atomic E-state index is 0.307. The molecule has 4 nitrogen and oxygen atoms in total. The molecule has 0 radical (unpaired) electrons. The van der Waals surface area contributed by atoms with Gasteiger partial charge in [-0.05, 0) is 43.9 Å². The average Bonchev–Trinajstić information content (AvgIpc) is 3.18. The molecule has 1 atom stereocenters. The maximum atomic E-state index is 6.00. The molecule has 0 saturated heterocycles. The summed E-state index contributed by atoms with van der Waals surface area (Å²) >= 11 is 0. The van der Waals surface area contributed by atoms with E-state index in [-0.39, 0.29) is 0 Å². The van der Waals surface area contributed by atoms with Crippen LogP contribution in [0, 0.1) is 5.92 Å². The Morgan fingerprint density at radius 1 is 1.24 bits per heavy atom. The molecule has 0 bridgehead atoms. The van der Waals surface area contributed by atoms with E-state index < -0.39 is 0 Å². The largest absolute Gasteiger partial charge is 0.492 e. The summed E-state index contributed by atoms with van der Waals surface area (Å²) in [4.78, 5) is 0. The van der Waals surface area contributed by atoms with Crippen LogP contribution in [0.4, 0.5) is 0 Å². The minimum Gasteiger partial charge on any atom is -0.492 e. The third kappa shape index (κ3) is 3.62. The second-order valence-corrected chi connectivity index (χ2v) is 5.93. The molecule has 1 fully saturated rings. The van der Waals surface area contributed by atoms with Crippen LogP contribution in [-0.2, 0) is 0 Å². The molecule has 1 heterocycles. The molecule has 0 amide bonds. The van der Waals surface area contributed by atoms with Crippen LogP contribution in [0.3, 0.4) is 0 Å². The van der Waals surface area contributed by atoms with Crippen LogP contribution in [0.1, 0.15) is 39.0 Å². The van der Waals surface area contributed by atoms with Crippen molar-refractivity contribution in [1.82, 2.24) is 5.32 Å². The Labute approximate surface area is 126 Å². The molecule has 1 saturated carbocycles. The molecule has 0 spiro atoms. The zero-order chi connectivity index (χ0) is 14.5. The zero-order valence-corrected chi connectivity index (χ0v) is 12.8. The van der Waals surface area contributed by atoms with Gasteiger partial charge >= 0.3 is 0 Å². The molecule has 3 rings (SSSR count). The fourth-order valence-corrected chi connectivity index (χ4v) is 3.20. The predicted octanol–water partition coefficient (Wildman–Crippen LogP) is 3.35. The van der Waals surface area contributed by atoms with Crippen LogP contribution in [0.5, 0.6) is 17.2 Å². The van der Waals surface area contributed by atoms with Gasteiger partial charge in [-0.2, -0.15) is 0 Å². The number of ether oxygens (including phenoxy) is 3. The first-order chi connectivity index (χ1) is 10.4. The Morgan fingerprint density at radius 2 is 2.05 bits per heavy atom. The Kier molecular flexibility index (Phi) is 4.86. The van der Waals surface area contributed by atoms with E-state index in [4.69, 9.17) is 14.2 Å². The summed E-state index contributed by atoms with van der Waals surface area (Å²) in [5.41, 5.74) is 0. The van der Waals surface area contributed by atoms with Crippen molar-refractivity contribution in [3.63, 3.8) is 0 Å². The summed E-state index contributed by atoms with van der Waals surface area (Å²) < 4.78 is 16.7. The fraction of sp³-hybridized carbons (Fsp3) is 0.647. The molecule has 1 unspecified atom stereocenters. The van der Waals surface area contributed by atoms with Gasteiger partial charge in [0.15, 0.2) is 11.5 Å². The van der Waals surface area contributed by atoms with Crippen LogP contribution in [-0.4, -0.2) is 26.0 Å². The first-order valence-electron chi connectivity index (χ1n) is 8.12. The van der Waals surface area contributed by atoms with E-state index in [2.05, 4.69) is 12.2 Å². The highest BCUT2D eigenvalue weighted by Crippen LogP contribution is 2.35. The van der Waals surface area contributed by atoms with Crippen molar-refractivity contribution in [3.8, 4) is 17.2 Å². The molecule has 0 aromatic heterocycles. The SMILES string of the molecule is CCCNC(COc1ccc2c(c1)OCO2)C1CCCC1. The summed E-state index contributed by atoms with van der Waals surface area (Å²) in [5.74, 6) is 3.20. The number of fused-ring (bicyclic) bond motifs is 1. The van der Waals surface area contributed by atoms with Gasteiger partial charge in [-0.15, -0.1) is 0 Å². The summed E-state index contributed by atoms with van der Waals surface area (Å²) in [6, 6.07) is 6.26.